The van der Waals surface area contributed by atoms with Gasteiger partial charge in [0.15, 0.2) is 0 Å². The van der Waals surface area contributed by atoms with Gasteiger partial charge in [-0.3, -0.25) is 4.79 Å². The molecule has 1 amide bonds. The maximum Gasteiger partial charge on any atom is 0.251 e. The van der Waals surface area contributed by atoms with Crippen LogP contribution in [0.4, 0.5) is 0 Å². The summed E-state index contributed by atoms with van der Waals surface area (Å²) in [6.45, 7) is 4.78. The zero-order valence-electron chi connectivity index (χ0n) is 8.75. The van der Waals surface area contributed by atoms with Crippen molar-refractivity contribution in [1.29, 1.82) is 0 Å². The van der Waals surface area contributed by atoms with Gasteiger partial charge >= 0.3 is 0 Å². The number of hydrogen-bond acceptors (Lipinski definition) is 2. The Morgan fingerprint density at radius 1 is 1.62 bits per heavy atom. The Morgan fingerprint density at radius 2 is 2.23 bits per heavy atom. The fourth-order valence-corrected chi connectivity index (χ4v) is 1.43. The third-order valence-electron chi connectivity index (χ3n) is 2.44. The molecule has 0 radical (unpaired) electrons. The molecule has 0 spiro atoms. The highest BCUT2D eigenvalue weighted by Gasteiger charge is 2.33. The Balaban J connectivity index is 2.47. The van der Waals surface area contributed by atoms with E-state index in [9.17, 15) is 4.79 Å². The van der Waals surface area contributed by atoms with E-state index in [1.54, 1.807) is 7.11 Å². The third-order valence-corrected chi connectivity index (χ3v) is 2.44. The van der Waals surface area contributed by atoms with E-state index >= 15 is 0 Å². The molecule has 0 heterocycles. The molecule has 76 valence electrons. The summed E-state index contributed by atoms with van der Waals surface area (Å²) in [5, 5.41) is 0. The lowest BCUT2D eigenvalue weighted by Gasteiger charge is -2.24. The van der Waals surface area contributed by atoms with Crippen LogP contribution in [0.25, 0.3) is 0 Å². The van der Waals surface area contributed by atoms with Crippen LogP contribution < -0.4 is 0 Å². The summed E-state index contributed by atoms with van der Waals surface area (Å²) in [5.41, 5.74) is 0. The standard InChI is InChI=1S/C10H19NO2/c1-4-7-11(9-5-6-9)10(12)8(2)13-3/h8-9H,4-7H2,1-3H3. The fraction of sp³-hybridized carbons (Fsp3) is 0.900. The Labute approximate surface area is 80.1 Å². The molecule has 1 rings (SSSR count). The number of rotatable bonds is 5. The monoisotopic (exact) mass is 185 g/mol. The van der Waals surface area contributed by atoms with Gasteiger partial charge in [-0.05, 0) is 26.2 Å². The van der Waals surface area contributed by atoms with E-state index in [4.69, 9.17) is 4.74 Å². The minimum Gasteiger partial charge on any atom is -0.372 e. The van der Waals surface area contributed by atoms with Gasteiger partial charge in [-0.25, -0.2) is 0 Å². The molecule has 0 aliphatic heterocycles. The SMILES string of the molecule is CCCN(C(=O)C(C)OC)C1CC1. The highest BCUT2D eigenvalue weighted by Crippen LogP contribution is 2.27. The highest BCUT2D eigenvalue weighted by molar-refractivity contribution is 5.81. The molecule has 1 aliphatic rings. The first-order valence-electron chi connectivity index (χ1n) is 5.04. The van der Waals surface area contributed by atoms with Gasteiger partial charge in [0.1, 0.15) is 6.10 Å². The average molecular weight is 185 g/mol. The lowest BCUT2D eigenvalue weighted by Crippen LogP contribution is -2.40. The van der Waals surface area contributed by atoms with E-state index in [0.717, 1.165) is 13.0 Å². The first-order valence-corrected chi connectivity index (χ1v) is 5.04. The zero-order chi connectivity index (χ0) is 9.84. The second-order valence-corrected chi connectivity index (χ2v) is 3.64. The first kappa shape index (κ1) is 10.5. The van der Waals surface area contributed by atoms with Crippen molar-refractivity contribution in [2.45, 2.75) is 45.3 Å². The summed E-state index contributed by atoms with van der Waals surface area (Å²) >= 11 is 0. The quantitative estimate of drug-likeness (QED) is 0.648. The molecule has 1 unspecified atom stereocenters. The largest absolute Gasteiger partial charge is 0.372 e. The molecule has 0 bridgehead atoms. The average Bonchev–Trinajstić information content (AvgIpc) is 2.95. The van der Waals surface area contributed by atoms with Crippen LogP contribution in [0.5, 0.6) is 0 Å². The van der Waals surface area contributed by atoms with Crippen LogP contribution in [0.3, 0.4) is 0 Å². The topological polar surface area (TPSA) is 29.5 Å². The normalized spacial score (nSPS) is 18.4. The van der Waals surface area contributed by atoms with Crippen LogP contribution >= 0.6 is 0 Å². The van der Waals surface area contributed by atoms with E-state index in [2.05, 4.69) is 6.92 Å². The predicted octanol–water partition coefficient (Wildman–Crippen LogP) is 1.42. The van der Waals surface area contributed by atoms with E-state index < -0.39 is 0 Å². The molecular formula is C10H19NO2. The Hall–Kier alpha value is -0.570. The lowest BCUT2D eigenvalue weighted by molar-refractivity contribution is -0.141. The molecule has 3 heteroatoms. The van der Waals surface area contributed by atoms with Crippen LogP contribution in [-0.2, 0) is 9.53 Å². The Kier molecular flexibility index (Phi) is 3.72. The molecule has 0 saturated heterocycles. The molecule has 0 aromatic carbocycles. The molecule has 0 aromatic heterocycles. The van der Waals surface area contributed by atoms with Crippen LogP contribution in [-0.4, -0.2) is 36.6 Å². The summed E-state index contributed by atoms with van der Waals surface area (Å²) in [4.78, 5) is 13.7. The van der Waals surface area contributed by atoms with Crippen molar-refractivity contribution in [2.75, 3.05) is 13.7 Å². The third kappa shape index (κ3) is 2.69. The number of methoxy groups -OCH3 is 1. The number of ether oxygens (including phenoxy) is 1. The summed E-state index contributed by atoms with van der Waals surface area (Å²) in [7, 11) is 1.58. The maximum atomic E-state index is 11.7. The number of amides is 1. The van der Waals surface area contributed by atoms with Crippen molar-refractivity contribution in [3.05, 3.63) is 0 Å². The van der Waals surface area contributed by atoms with Gasteiger partial charge in [-0.2, -0.15) is 0 Å². The molecule has 1 saturated carbocycles. The Bertz CT molecular complexity index is 178. The van der Waals surface area contributed by atoms with Crippen molar-refractivity contribution in [2.24, 2.45) is 0 Å². The number of carbonyl (C=O) groups is 1. The van der Waals surface area contributed by atoms with Crippen molar-refractivity contribution >= 4 is 5.91 Å². The van der Waals surface area contributed by atoms with Gasteiger partial charge in [0, 0.05) is 19.7 Å². The van der Waals surface area contributed by atoms with Gasteiger partial charge in [-0.1, -0.05) is 6.92 Å². The second kappa shape index (κ2) is 4.61. The second-order valence-electron chi connectivity index (χ2n) is 3.64. The fourth-order valence-electron chi connectivity index (χ4n) is 1.43. The molecule has 0 N–H and O–H groups in total. The summed E-state index contributed by atoms with van der Waals surface area (Å²) in [6, 6.07) is 0.505. The van der Waals surface area contributed by atoms with Crippen LogP contribution in [0.1, 0.15) is 33.1 Å². The Morgan fingerprint density at radius 3 is 2.62 bits per heavy atom. The van der Waals surface area contributed by atoms with E-state index in [1.165, 1.54) is 12.8 Å². The molecule has 1 aliphatic carbocycles. The number of nitrogens with zero attached hydrogens (tertiary/aromatic N) is 1. The predicted molar refractivity (Wildman–Crippen MR) is 51.5 cm³/mol. The van der Waals surface area contributed by atoms with Gasteiger partial charge in [-0.15, -0.1) is 0 Å². The van der Waals surface area contributed by atoms with E-state index in [0.29, 0.717) is 6.04 Å². The van der Waals surface area contributed by atoms with Crippen molar-refractivity contribution in [3.8, 4) is 0 Å². The summed E-state index contributed by atoms with van der Waals surface area (Å²) in [5.74, 6) is 0.145. The smallest absolute Gasteiger partial charge is 0.251 e. The molecular weight excluding hydrogens is 166 g/mol. The summed E-state index contributed by atoms with van der Waals surface area (Å²) < 4.78 is 5.03. The number of carbonyl (C=O) groups excluding carboxylic acids is 1. The molecule has 1 atom stereocenters. The molecule has 0 aromatic rings. The van der Waals surface area contributed by atoms with Crippen LogP contribution in [0, 0.1) is 0 Å². The highest BCUT2D eigenvalue weighted by atomic mass is 16.5. The molecule has 13 heavy (non-hydrogen) atoms. The van der Waals surface area contributed by atoms with Gasteiger partial charge < -0.3 is 9.64 Å². The molecule has 3 nitrogen and oxygen atoms in total. The minimum atomic E-state index is -0.285. The van der Waals surface area contributed by atoms with E-state index in [1.807, 2.05) is 11.8 Å². The first-order chi connectivity index (χ1) is 6.20. The van der Waals surface area contributed by atoms with Crippen molar-refractivity contribution in [3.63, 3.8) is 0 Å². The summed E-state index contributed by atoms with van der Waals surface area (Å²) in [6.07, 6.45) is 3.08. The van der Waals surface area contributed by atoms with Crippen molar-refractivity contribution < 1.29 is 9.53 Å². The van der Waals surface area contributed by atoms with Crippen molar-refractivity contribution in [1.82, 2.24) is 4.90 Å². The lowest BCUT2D eigenvalue weighted by atomic mass is 10.3. The van der Waals surface area contributed by atoms with Gasteiger partial charge in [0.2, 0.25) is 0 Å². The minimum absolute atomic E-state index is 0.145. The van der Waals surface area contributed by atoms with E-state index in [-0.39, 0.29) is 12.0 Å². The van der Waals surface area contributed by atoms with Crippen LogP contribution in [0.2, 0.25) is 0 Å². The van der Waals surface area contributed by atoms with Gasteiger partial charge in [0.05, 0.1) is 0 Å². The molecule has 1 fully saturated rings. The zero-order valence-corrected chi connectivity index (χ0v) is 8.75. The van der Waals surface area contributed by atoms with Crippen LogP contribution in [0.15, 0.2) is 0 Å². The number of hydrogen-bond donors (Lipinski definition) is 0. The maximum absolute atomic E-state index is 11.7. The van der Waals surface area contributed by atoms with Gasteiger partial charge in [0.25, 0.3) is 5.91 Å².